The zero-order valence-corrected chi connectivity index (χ0v) is 56.8. The summed E-state index contributed by atoms with van der Waals surface area (Å²) in [5.41, 5.74) is 6.33. The molecule has 0 saturated heterocycles. The van der Waals surface area contributed by atoms with Gasteiger partial charge in [-0.25, -0.2) is 19.3 Å². The van der Waals surface area contributed by atoms with E-state index in [1.165, 1.54) is 172 Å². The number of rotatable bonds is 59. The van der Waals surface area contributed by atoms with Gasteiger partial charge in [0.05, 0.1) is 31.6 Å². The van der Waals surface area contributed by atoms with Gasteiger partial charge in [0.2, 0.25) is 17.8 Å². The number of H-pyrrole nitrogens is 1. The van der Waals surface area contributed by atoms with Crippen LogP contribution < -0.4 is 32.6 Å². The molecule has 2 aromatic heterocycles. The number of carboxylic acid groups (broad SMARTS) is 1. The van der Waals surface area contributed by atoms with Crippen molar-refractivity contribution in [1.82, 2.24) is 35.9 Å². The number of esters is 2. The number of Topliss-reactive ketones (excluding diaryl/α,β-unsaturated/α-hetero) is 1. The van der Waals surface area contributed by atoms with E-state index in [0.717, 1.165) is 38.5 Å². The molecule has 0 spiro atoms. The third kappa shape index (κ3) is 41.2. The molecule has 3 aromatic rings. The minimum Gasteiger partial charge on any atom is -0.480 e. The van der Waals surface area contributed by atoms with Crippen molar-refractivity contribution >= 4 is 72.0 Å². The molecule has 93 heavy (non-hydrogen) atoms. The van der Waals surface area contributed by atoms with Crippen LogP contribution in [0.5, 0.6) is 0 Å². The lowest BCUT2D eigenvalue weighted by Gasteiger charge is -2.20. The van der Waals surface area contributed by atoms with E-state index in [1.807, 2.05) is 0 Å². The molecule has 9 N–H and O–H groups in total. The fourth-order valence-electron chi connectivity index (χ4n) is 10.5. The zero-order chi connectivity index (χ0) is 67.6. The number of ketones is 1. The number of nitrogen functional groups attached to an aromatic ring is 1. The number of nitrogens with two attached hydrogens (primary N) is 1. The van der Waals surface area contributed by atoms with Gasteiger partial charge >= 0.3 is 25.7 Å². The number of ether oxygens (including phenoxy) is 2. The molecule has 3 amide bonds. The number of hydrogen-bond donors (Lipinski definition) is 8. The van der Waals surface area contributed by atoms with Crippen molar-refractivity contribution in [1.29, 1.82) is 0 Å². The standard InChI is InChI=1S/C68H112N9O15P/c1-3-5-7-9-11-13-15-17-19-21-23-25-27-29-31-33-35-61(81)89-51-57(92-62(82)36-34-32-30-28-26-24-22-20-18-16-14-12-10-8-6-4-2)52-91-93(87,88)90-48-47-71-60(80)44-43-59(79)70-46-45-56(78)41-42-58(67(85)86)75-65(83)53-37-39-54(40-38-53)72-49-55-50-73-64-63(74-55)66(84)77-68(69)76-64/h37-40,50,57-58,72H,3-36,41-49,51-52H2,1-2H3,(H,70,79)(H,71,80)(H,75,83)(H,85,86)(H,87,88)(H3,69,73,76,77,84). The number of fused-ring (bicyclic) bond motifs is 1. The molecule has 0 aliphatic rings. The van der Waals surface area contributed by atoms with Crippen LogP contribution in [-0.2, 0) is 58.4 Å². The summed E-state index contributed by atoms with van der Waals surface area (Å²) >= 11 is 0. The Hall–Kier alpha value is -6.36. The Morgan fingerprint density at radius 2 is 1.08 bits per heavy atom. The topological polar surface area (TPSA) is 360 Å². The van der Waals surface area contributed by atoms with Crippen molar-refractivity contribution in [3.63, 3.8) is 0 Å². The van der Waals surface area contributed by atoms with E-state index in [9.17, 15) is 52.9 Å². The number of carbonyl (C=O) groups excluding carboxylic acids is 6. The molecule has 0 radical (unpaired) electrons. The highest BCUT2D eigenvalue weighted by Gasteiger charge is 2.27. The molecule has 0 saturated carbocycles. The number of phosphoric acid groups is 1. The largest absolute Gasteiger partial charge is 0.480 e. The highest BCUT2D eigenvalue weighted by Crippen LogP contribution is 2.43. The summed E-state index contributed by atoms with van der Waals surface area (Å²) in [6.07, 6.45) is 38.1. The van der Waals surface area contributed by atoms with E-state index in [0.29, 0.717) is 24.2 Å². The number of nitrogens with one attached hydrogen (secondary N) is 5. The third-order valence-corrected chi connectivity index (χ3v) is 17.0. The predicted molar refractivity (Wildman–Crippen MR) is 360 cm³/mol. The quantitative estimate of drug-likeness (QED) is 0.0148. The second kappa shape index (κ2) is 51.0. The number of aliphatic carboxylic acids is 1. The smallest absolute Gasteiger partial charge is 0.472 e. The van der Waals surface area contributed by atoms with Crippen molar-refractivity contribution in [2.24, 2.45) is 0 Å². The molecule has 0 aliphatic heterocycles. The Bertz CT molecular complexity index is 2720. The van der Waals surface area contributed by atoms with Crippen molar-refractivity contribution in [3.8, 4) is 0 Å². The first-order valence-electron chi connectivity index (χ1n) is 34.9. The Kier molecular flexibility index (Phi) is 44.4. The van der Waals surface area contributed by atoms with Gasteiger partial charge in [-0.1, -0.05) is 206 Å². The Balaban J connectivity index is 1.30. The number of unbranched alkanes of at least 4 members (excludes halogenated alkanes) is 30. The van der Waals surface area contributed by atoms with Crippen LogP contribution in [0, 0.1) is 0 Å². The third-order valence-electron chi connectivity index (χ3n) is 16.0. The Morgan fingerprint density at radius 3 is 1.58 bits per heavy atom. The van der Waals surface area contributed by atoms with Crippen molar-refractivity contribution in [2.45, 2.75) is 283 Å². The molecule has 25 heteroatoms. The number of carbonyl (C=O) groups is 7. The van der Waals surface area contributed by atoms with Crippen molar-refractivity contribution in [2.75, 3.05) is 44.0 Å². The molecule has 0 bridgehead atoms. The normalized spacial score (nSPS) is 12.6. The van der Waals surface area contributed by atoms with Gasteiger partial charge in [0, 0.05) is 62.9 Å². The fourth-order valence-corrected chi connectivity index (χ4v) is 11.2. The highest BCUT2D eigenvalue weighted by atomic mass is 31.2. The average molecular weight is 1330 g/mol. The summed E-state index contributed by atoms with van der Waals surface area (Å²) in [5, 5.41) is 20.3. The number of phosphoric ester groups is 1. The monoisotopic (exact) mass is 1330 g/mol. The number of carboxylic acids is 1. The molecule has 3 unspecified atom stereocenters. The van der Waals surface area contributed by atoms with E-state index >= 15 is 0 Å². The summed E-state index contributed by atoms with van der Waals surface area (Å²) in [6, 6.07) is 4.76. The predicted octanol–water partition coefficient (Wildman–Crippen LogP) is 12.7. The van der Waals surface area contributed by atoms with Gasteiger partial charge in [0.25, 0.3) is 11.5 Å². The molecular weight excluding hydrogens is 1210 g/mol. The molecule has 3 atom stereocenters. The SMILES string of the molecule is CCCCCCCCCCCCCCCCCCC(=O)OCC(COP(=O)(O)OCCNC(=O)CCC(=O)NCCC(=O)CCC(NC(=O)c1ccc(NCc2cnc3nc(N)[nH]c(=O)c3n2)cc1)C(=O)O)OC(=O)CCCCCCCCCCCCCCCCCC. The number of benzene rings is 1. The molecule has 1 aromatic carbocycles. The van der Waals surface area contributed by atoms with E-state index in [2.05, 4.69) is 55.1 Å². The lowest BCUT2D eigenvalue weighted by molar-refractivity contribution is -0.161. The number of aromatic amines is 1. The van der Waals surface area contributed by atoms with Gasteiger partial charge in [-0.3, -0.25) is 47.6 Å². The number of hydrogen-bond acceptors (Lipinski definition) is 18. The number of nitrogens with zero attached hydrogens (tertiary/aromatic N) is 3. The van der Waals surface area contributed by atoms with Gasteiger partial charge < -0.3 is 46.5 Å². The molecule has 524 valence electrons. The first-order valence-corrected chi connectivity index (χ1v) is 36.4. The molecule has 24 nitrogen and oxygen atoms in total. The van der Waals surface area contributed by atoms with E-state index in [1.54, 1.807) is 12.1 Å². The van der Waals surface area contributed by atoms with E-state index in [4.69, 9.17) is 24.3 Å². The second-order valence-electron chi connectivity index (χ2n) is 24.3. The van der Waals surface area contributed by atoms with Gasteiger partial charge in [-0.15, -0.1) is 0 Å². The zero-order valence-electron chi connectivity index (χ0n) is 55.9. The van der Waals surface area contributed by atoms with E-state index < -0.39 is 74.4 Å². The first-order chi connectivity index (χ1) is 45.0. The van der Waals surface area contributed by atoms with Crippen molar-refractivity contribution < 1.29 is 66.6 Å². The summed E-state index contributed by atoms with van der Waals surface area (Å²) in [4.78, 5) is 126. The van der Waals surface area contributed by atoms with Crippen LogP contribution in [0.25, 0.3) is 11.2 Å². The maximum absolute atomic E-state index is 13.0. The summed E-state index contributed by atoms with van der Waals surface area (Å²) in [5.74, 6) is -4.58. The molecule has 3 rings (SSSR count). The van der Waals surface area contributed by atoms with Crippen LogP contribution in [0.1, 0.15) is 280 Å². The minimum atomic E-state index is -4.74. The summed E-state index contributed by atoms with van der Waals surface area (Å²) in [6.45, 7) is 2.96. The lowest BCUT2D eigenvalue weighted by atomic mass is 10.0. The van der Waals surface area contributed by atoms with Crippen LogP contribution >= 0.6 is 7.82 Å². The van der Waals surface area contributed by atoms with Crippen LogP contribution in [0.15, 0.2) is 35.3 Å². The van der Waals surface area contributed by atoms with Crippen LogP contribution in [0.4, 0.5) is 11.6 Å². The molecular formula is C68H112N9O15P. The van der Waals surface area contributed by atoms with Gasteiger partial charge in [0.1, 0.15) is 18.4 Å². The maximum Gasteiger partial charge on any atom is 0.472 e. The summed E-state index contributed by atoms with van der Waals surface area (Å²) < 4.78 is 34.1. The van der Waals surface area contributed by atoms with Gasteiger partial charge in [0.15, 0.2) is 17.3 Å². The van der Waals surface area contributed by atoms with Gasteiger partial charge in [-0.2, -0.15) is 4.98 Å². The molecule has 0 fully saturated rings. The van der Waals surface area contributed by atoms with Gasteiger partial charge in [-0.05, 0) is 43.5 Å². The number of anilines is 2. The Morgan fingerprint density at radius 1 is 0.591 bits per heavy atom. The number of amides is 3. The highest BCUT2D eigenvalue weighted by molar-refractivity contribution is 7.47. The fraction of sp³-hybridized carbons (Fsp3) is 0.721. The van der Waals surface area contributed by atoms with Crippen LogP contribution in [0.3, 0.4) is 0 Å². The first kappa shape index (κ1) is 80.9. The van der Waals surface area contributed by atoms with Crippen LogP contribution in [0.2, 0.25) is 0 Å². The lowest BCUT2D eigenvalue weighted by Crippen LogP contribution is -2.41. The molecule has 0 aliphatic carbocycles. The average Bonchev–Trinajstić information content (AvgIpc) is 0.860. The van der Waals surface area contributed by atoms with Crippen LogP contribution in [-0.4, -0.2) is 116 Å². The number of aromatic nitrogens is 4. The van der Waals surface area contributed by atoms with Crippen molar-refractivity contribution in [3.05, 3.63) is 52.1 Å². The summed E-state index contributed by atoms with van der Waals surface area (Å²) in [7, 11) is -4.74. The minimum absolute atomic E-state index is 0.0233. The molecule has 2 heterocycles. The maximum atomic E-state index is 13.0. The Labute approximate surface area is 551 Å². The van der Waals surface area contributed by atoms with E-state index in [-0.39, 0.29) is 99.6 Å². The second-order valence-corrected chi connectivity index (χ2v) is 25.8.